The molecule has 0 saturated carbocycles. The van der Waals surface area contributed by atoms with E-state index in [0.717, 1.165) is 18.5 Å². The molecule has 4 nitrogen and oxygen atoms in total. The largest absolute Gasteiger partial charge is 0.310 e. The Hall–Kier alpha value is -1.72. The Bertz CT molecular complexity index is 639. The molecular weight excluding hydrogens is 284 g/mol. The third kappa shape index (κ3) is 3.14. The van der Waals surface area contributed by atoms with Crippen LogP contribution in [-0.4, -0.2) is 11.5 Å². The van der Waals surface area contributed by atoms with Crippen LogP contribution in [0.25, 0.3) is 0 Å². The van der Waals surface area contributed by atoms with Crippen LogP contribution in [0.2, 0.25) is 0 Å². The van der Waals surface area contributed by atoms with E-state index in [-0.39, 0.29) is 10.6 Å². The van der Waals surface area contributed by atoms with Crippen molar-refractivity contribution in [3.8, 4) is 0 Å². The van der Waals surface area contributed by atoms with Gasteiger partial charge >= 0.3 is 0 Å². The second kappa shape index (κ2) is 6.37. The molecule has 0 amide bonds. The summed E-state index contributed by atoms with van der Waals surface area (Å²) in [5.74, 6) is 0. The van der Waals surface area contributed by atoms with Crippen LogP contribution in [0.5, 0.6) is 0 Å². The lowest BCUT2D eigenvalue weighted by atomic mass is 9.94. The topological polar surface area (TPSA) is 55.2 Å². The van der Waals surface area contributed by atoms with E-state index in [1.807, 2.05) is 23.5 Å². The molecule has 110 valence electrons. The molecule has 21 heavy (non-hydrogen) atoms. The maximum absolute atomic E-state index is 11.0. The van der Waals surface area contributed by atoms with E-state index in [1.54, 1.807) is 12.1 Å². The summed E-state index contributed by atoms with van der Waals surface area (Å²) in [6.45, 7) is 0.769. The van der Waals surface area contributed by atoms with E-state index in [0.29, 0.717) is 12.5 Å². The molecule has 1 aliphatic rings. The van der Waals surface area contributed by atoms with Gasteiger partial charge in [0.2, 0.25) is 0 Å². The van der Waals surface area contributed by atoms with Gasteiger partial charge in [0.05, 0.1) is 4.92 Å². The molecule has 1 heterocycles. The summed E-state index contributed by atoms with van der Waals surface area (Å²) in [7, 11) is 0. The fraction of sp³-hybridized carbons (Fsp3) is 0.375. The maximum atomic E-state index is 11.0. The Kier molecular flexibility index (Phi) is 4.31. The Balaban J connectivity index is 1.62. The zero-order chi connectivity index (χ0) is 14.7. The summed E-state index contributed by atoms with van der Waals surface area (Å²) in [6.07, 6.45) is 4.25. The quantitative estimate of drug-likeness (QED) is 0.674. The molecular formula is C16H18N2O2S. The van der Waals surface area contributed by atoms with Crippen LogP contribution in [0.4, 0.5) is 5.69 Å². The van der Waals surface area contributed by atoms with Gasteiger partial charge in [0.1, 0.15) is 0 Å². The predicted molar refractivity (Wildman–Crippen MR) is 84.8 cm³/mol. The van der Waals surface area contributed by atoms with Gasteiger partial charge in [-0.3, -0.25) is 10.1 Å². The lowest BCUT2D eigenvalue weighted by Gasteiger charge is -2.23. The molecule has 0 bridgehead atoms. The number of benzene rings is 1. The third-order valence-electron chi connectivity index (χ3n) is 4.03. The SMILES string of the molecule is O=[N+]([O-])c1ccccc1CCNC1CCCc2sccc21. The molecule has 5 heteroatoms. The molecule has 1 aliphatic carbocycles. The van der Waals surface area contributed by atoms with E-state index in [1.165, 1.54) is 23.3 Å². The van der Waals surface area contributed by atoms with Gasteiger partial charge in [-0.1, -0.05) is 18.2 Å². The highest BCUT2D eigenvalue weighted by molar-refractivity contribution is 7.10. The molecule has 0 spiro atoms. The molecule has 0 fully saturated rings. The highest BCUT2D eigenvalue weighted by Gasteiger charge is 2.20. The highest BCUT2D eigenvalue weighted by Crippen LogP contribution is 2.33. The zero-order valence-electron chi connectivity index (χ0n) is 11.7. The smallest absolute Gasteiger partial charge is 0.272 e. The molecule has 1 aromatic heterocycles. The van der Waals surface area contributed by atoms with Crippen LogP contribution in [-0.2, 0) is 12.8 Å². The van der Waals surface area contributed by atoms with E-state index < -0.39 is 0 Å². The minimum Gasteiger partial charge on any atom is -0.310 e. The molecule has 1 atom stereocenters. The first-order valence-electron chi connectivity index (χ1n) is 7.27. The number of nitrogens with one attached hydrogen (secondary N) is 1. The number of hydrogen-bond acceptors (Lipinski definition) is 4. The summed E-state index contributed by atoms with van der Waals surface area (Å²) in [4.78, 5) is 12.2. The molecule has 0 radical (unpaired) electrons. The van der Waals surface area contributed by atoms with Gasteiger partial charge in [-0.05, 0) is 42.7 Å². The van der Waals surface area contributed by atoms with Crippen LogP contribution in [0.1, 0.15) is 34.9 Å². The Morgan fingerprint density at radius 1 is 1.33 bits per heavy atom. The number of rotatable bonds is 5. The summed E-state index contributed by atoms with van der Waals surface area (Å²) in [6, 6.07) is 9.61. The first-order chi connectivity index (χ1) is 10.3. The van der Waals surface area contributed by atoms with E-state index in [9.17, 15) is 10.1 Å². The van der Waals surface area contributed by atoms with Crippen molar-refractivity contribution >= 4 is 17.0 Å². The molecule has 3 rings (SSSR count). The van der Waals surface area contributed by atoms with Crippen molar-refractivity contribution in [3.63, 3.8) is 0 Å². The number of nitrogens with zero attached hydrogens (tertiary/aromatic N) is 1. The monoisotopic (exact) mass is 302 g/mol. The highest BCUT2D eigenvalue weighted by atomic mass is 32.1. The molecule has 0 aliphatic heterocycles. The zero-order valence-corrected chi connectivity index (χ0v) is 12.6. The van der Waals surface area contributed by atoms with Crippen molar-refractivity contribution in [3.05, 3.63) is 61.8 Å². The summed E-state index contributed by atoms with van der Waals surface area (Å²) in [5.41, 5.74) is 2.45. The number of nitro benzene ring substituents is 1. The molecule has 2 aromatic rings. The van der Waals surface area contributed by atoms with Crippen molar-refractivity contribution in [1.29, 1.82) is 0 Å². The van der Waals surface area contributed by atoms with Gasteiger partial charge in [-0.25, -0.2) is 0 Å². The minimum absolute atomic E-state index is 0.221. The van der Waals surface area contributed by atoms with Crippen molar-refractivity contribution < 1.29 is 4.92 Å². The van der Waals surface area contributed by atoms with Crippen molar-refractivity contribution in [2.75, 3.05) is 6.54 Å². The van der Waals surface area contributed by atoms with Crippen molar-refractivity contribution in [2.45, 2.75) is 31.7 Å². The second-order valence-electron chi connectivity index (χ2n) is 5.33. The second-order valence-corrected chi connectivity index (χ2v) is 6.33. The van der Waals surface area contributed by atoms with Crippen LogP contribution in [0.15, 0.2) is 35.7 Å². The average molecular weight is 302 g/mol. The lowest BCUT2D eigenvalue weighted by molar-refractivity contribution is -0.385. The van der Waals surface area contributed by atoms with Gasteiger partial charge < -0.3 is 5.32 Å². The number of hydrogen-bond donors (Lipinski definition) is 1. The number of para-hydroxylation sites is 1. The Morgan fingerprint density at radius 2 is 2.19 bits per heavy atom. The van der Waals surface area contributed by atoms with Crippen LogP contribution < -0.4 is 5.32 Å². The van der Waals surface area contributed by atoms with E-state index in [2.05, 4.69) is 16.8 Å². The first kappa shape index (κ1) is 14.2. The number of fused-ring (bicyclic) bond motifs is 1. The van der Waals surface area contributed by atoms with Gasteiger partial charge in [0.15, 0.2) is 0 Å². The van der Waals surface area contributed by atoms with Crippen LogP contribution >= 0.6 is 11.3 Å². The number of thiophene rings is 1. The summed E-state index contributed by atoms with van der Waals surface area (Å²) in [5, 5.41) is 16.7. The number of aryl methyl sites for hydroxylation is 1. The van der Waals surface area contributed by atoms with Gasteiger partial charge in [0.25, 0.3) is 5.69 Å². The summed E-state index contributed by atoms with van der Waals surface area (Å²) >= 11 is 1.84. The molecule has 1 N–H and O–H groups in total. The average Bonchev–Trinajstić information content (AvgIpc) is 2.97. The first-order valence-corrected chi connectivity index (χ1v) is 8.15. The summed E-state index contributed by atoms with van der Waals surface area (Å²) < 4.78 is 0. The maximum Gasteiger partial charge on any atom is 0.272 e. The fourth-order valence-electron chi connectivity index (χ4n) is 2.98. The van der Waals surface area contributed by atoms with E-state index in [4.69, 9.17) is 0 Å². The van der Waals surface area contributed by atoms with Gasteiger partial charge in [-0.2, -0.15) is 0 Å². The Labute approximate surface area is 128 Å². The minimum atomic E-state index is -0.299. The van der Waals surface area contributed by atoms with Gasteiger partial charge in [0, 0.05) is 29.1 Å². The standard InChI is InChI=1S/C16H18N2O2S/c19-18(20)15-6-2-1-4-12(15)8-10-17-14-5-3-7-16-13(14)9-11-21-16/h1-2,4,6,9,11,14,17H,3,5,7-8,10H2. The third-order valence-corrected chi connectivity index (χ3v) is 5.02. The van der Waals surface area contributed by atoms with Crippen LogP contribution in [0.3, 0.4) is 0 Å². The number of nitro groups is 1. The van der Waals surface area contributed by atoms with Crippen molar-refractivity contribution in [2.24, 2.45) is 0 Å². The Morgan fingerprint density at radius 3 is 3.05 bits per heavy atom. The molecule has 1 unspecified atom stereocenters. The van der Waals surface area contributed by atoms with Crippen LogP contribution in [0, 0.1) is 10.1 Å². The lowest BCUT2D eigenvalue weighted by Crippen LogP contribution is -2.26. The van der Waals surface area contributed by atoms with E-state index >= 15 is 0 Å². The predicted octanol–water partition coefficient (Wildman–Crippen LogP) is 3.87. The normalized spacial score (nSPS) is 17.4. The van der Waals surface area contributed by atoms with Crippen molar-refractivity contribution in [1.82, 2.24) is 5.32 Å². The molecule has 1 aromatic carbocycles. The fourth-order valence-corrected chi connectivity index (χ4v) is 3.97. The molecule has 0 saturated heterocycles. The van der Waals surface area contributed by atoms with Gasteiger partial charge in [-0.15, -0.1) is 11.3 Å².